The molecule has 0 aliphatic heterocycles. The summed E-state index contributed by atoms with van der Waals surface area (Å²) in [7, 11) is 3.01. The second-order valence-electron chi connectivity index (χ2n) is 7.86. The van der Waals surface area contributed by atoms with Crippen LogP contribution in [-0.2, 0) is 11.3 Å². The number of thiazole rings is 1. The van der Waals surface area contributed by atoms with Gasteiger partial charge in [-0.25, -0.2) is 4.98 Å². The standard InChI is InChI=1S/C26H26N2O4S/c1-15-5-6-18-19(10-17-11-22(31-3)26(30)23(12-17)32-4)16(2)20(21(18)9-15)13-24(29)28-14-25-27-7-8-33-25/h5-12,30H,13-14H2,1-4H3,(H,28,29)/b19-10-. The first-order valence-corrected chi connectivity index (χ1v) is 11.4. The molecule has 0 spiro atoms. The van der Waals surface area contributed by atoms with Crippen molar-refractivity contribution in [3.05, 3.63) is 74.7 Å². The highest BCUT2D eigenvalue weighted by Gasteiger charge is 2.25. The molecule has 0 unspecified atom stereocenters. The first kappa shape index (κ1) is 22.6. The number of nitrogens with one attached hydrogen (secondary N) is 1. The summed E-state index contributed by atoms with van der Waals surface area (Å²) in [5.41, 5.74) is 7.20. The second-order valence-corrected chi connectivity index (χ2v) is 8.84. The molecule has 1 amide bonds. The van der Waals surface area contributed by atoms with Crippen molar-refractivity contribution in [2.45, 2.75) is 26.8 Å². The average Bonchev–Trinajstić information content (AvgIpc) is 3.41. The Kier molecular flexibility index (Phi) is 6.51. The minimum atomic E-state index is -0.0405. The van der Waals surface area contributed by atoms with Gasteiger partial charge < -0.3 is 19.9 Å². The summed E-state index contributed by atoms with van der Waals surface area (Å²) in [6, 6.07) is 9.83. The Balaban J connectivity index is 1.70. The smallest absolute Gasteiger partial charge is 0.224 e. The molecule has 0 radical (unpaired) electrons. The van der Waals surface area contributed by atoms with Crippen LogP contribution in [0.1, 0.15) is 40.6 Å². The van der Waals surface area contributed by atoms with E-state index in [4.69, 9.17) is 9.47 Å². The van der Waals surface area contributed by atoms with Crippen LogP contribution in [0.4, 0.5) is 0 Å². The SMILES string of the molecule is COc1cc(/C=C2/C(C)=C(CC(=O)NCc3nccs3)c3cc(C)ccc32)cc(OC)c1O. The molecule has 0 fully saturated rings. The number of aromatic hydroxyl groups is 1. The Hall–Kier alpha value is -3.58. The van der Waals surface area contributed by atoms with Crippen LogP contribution >= 0.6 is 11.3 Å². The molecule has 0 saturated carbocycles. The van der Waals surface area contributed by atoms with Crippen molar-refractivity contribution in [3.63, 3.8) is 0 Å². The lowest BCUT2D eigenvalue weighted by Crippen LogP contribution is -2.22. The predicted molar refractivity (Wildman–Crippen MR) is 131 cm³/mol. The number of carbonyl (C=O) groups excluding carboxylic acids is 1. The van der Waals surface area contributed by atoms with E-state index in [2.05, 4.69) is 28.5 Å². The summed E-state index contributed by atoms with van der Waals surface area (Å²) in [4.78, 5) is 17.0. The van der Waals surface area contributed by atoms with Crippen molar-refractivity contribution in [2.75, 3.05) is 14.2 Å². The number of hydrogen-bond donors (Lipinski definition) is 2. The molecule has 7 heteroatoms. The van der Waals surface area contributed by atoms with E-state index in [1.54, 1.807) is 18.3 Å². The van der Waals surface area contributed by atoms with E-state index in [0.717, 1.165) is 44.0 Å². The van der Waals surface area contributed by atoms with Crippen LogP contribution in [0.5, 0.6) is 17.2 Å². The fourth-order valence-electron chi connectivity index (χ4n) is 4.02. The minimum Gasteiger partial charge on any atom is -0.502 e. The summed E-state index contributed by atoms with van der Waals surface area (Å²) >= 11 is 1.52. The molecule has 1 aliphatic carbocycles. The molecule has 6 nitrogen and oxygen atoms in total. The topological polar surface area (TPSA) is 80.7 Å². The molecule has 0 bridgehead atoms. The van der Waals surface area contributed by atoms with Crippen molar-refractivity contribution in [2.24, 2.45) is 0 Å². The number of fused-ring (bicyclic) bond motifs is 1. The van der Waals surface area contributed by atoms with Crippen molar-refractivity contribution in [1.29, 1.82) is 0 Å². The molecule has 1 aromatic heterocycles. The number of hydrogen-bond acceptors (Lipinski definition) is 6. The Bertz CT molecular complexity index is 1230. The molecular weight excluding hydrogens is 436 g/mol. The summed E-state index contributed by atoms with van der Waals surface area (Å²) in [6.45, 7) is 4.52. The molecule has 0 saturated heterocycles. The zero-order valence-electron chi connectivity index (χ0n) is 19.1. The zero-order valence-corrected chi connectivity index (χ0v) is 19.9. The van der Waals surface area contributed by atoms with Gasteiger partial charge in [0.1, 0.15) is 5.01 Å². The third-order valence-electron chi connectivity index (χ3n) is 5.72. The summed E-state index contributed by atoms with van der Waals surface area (Å²) in [6.07, 6.45) is 4.06. The van der Waals surface area contributed by atoms with Crippen LogP contribution in [-0.4, -0.2) is 30.2 Å². The first-order valence-electron chi connectivity index (χ1n) is 10.5. The van der Waals surface area contributed by atoms with Gasteiger partial charge in [0.15, 0.2) is 11.5 Å². The molecular formula is C26H26N2O4S. The van der Waals surface area contributed by atoms with E-state index in [1.807, 2.05) is 25.3 Å². The number of ether oxygens (including phenoxy) is 2. The Morgan fingerprint density at radius 2 is 1.85 bits per heavy atom. The number of aryl methyl sites for hydroxylation is 1. The number of phenols is 1. The highest BCUT2D eigenvalue weighted by atomic mass is 32.1. The summed E-state index contributed by atoms with van der Waals surface area (Å²) in [5, 5.41) is 16.0. The maximum absolute atomic E-state index is 12.8. The van der Waals surface area contributed by atoms with Crippen molar-refractivity contribution < 1.29 is 19.4 Å². The van der Waals surface area contributed by atoms with Crippen LogP contribution in [0.15, 0.2) is 47.5 Å². The van der Waals surface area contributed by atoms with Crippen LogP contribution < -0.4 is 14.8 Å². The molecule has 33 heavy (non-hydrogen) atoms. The van der Waals surface area contributed by atoms with Gasteiger partial charge in [0.05, 0.1) is 27.2 Å². The highest BCUT2D eigenvalue weighted by molar-refractivity contribution is 7.09. The quantitative estimate of drug-likeness (QED) is 0.504. The molecule has 1 heterocycles. The van der Waals surface area contributed by atoms with Gasteiger partial charge in [0, 0.05) is 11.6 Å². The van der Waals surface area contributed by atoms with E-state index in [0.29, 0.717) is 18.0 Å². The fourth-order valence-corrected chi connectivity index (χ4v) is 4.58. The molecule has 170 valence electrons. The Morgan fingerprint density at radius 1 is 1.12 bits per heavy atom. The van der Waals surface area contributed by atoms with Crippen molar-refractivity contribution >= 4 is 34.5 Å². The number of allylic oxidation sites excluding steroid dienone is 2. The predicted octanol–water partition coefficient (Wildman–Crippen LogP) is 5.21. The number of methoxy groups -OCH3 is 2. The summed E-state index contributed by atoms with van der Waals surface area (Å²) < 4.78 is 10.6. The van der Waals surface area contributed by atoms with Crippen molar-refractivity contribution in [1.82, 2.24) is 10.3 Å². The number of aromatic nitrogens is 1. The molecule has 0 atom stereocenters. The van der Waals surface area contributed by atoms with E-state index in [1.165, 1.54) is 25.6 Å². The molecule has 2 aromatic carbocycles. The Morgan fingerprint density at radius 3 is 2.48 bits per heavy atom. The van der Waals surface area contributed by atoms with Gasteiger partial charge >= 0.3 is 0 Å². The lowest BCUT2D eigenvalue weighted by atomic mass is 9.98. The fraction of sp³-hybridized carbons (Fsp3) is 0.231. The first-order chi connectivity index (χ1) is 15.9. The number of amides is 1. The summed E-state index contributed by atoms with van der Waals surface area (Å²) in [5.74, 6) is 0.606. The third-order valence-corrected chi connectivity index (χ3v) is 6.50. The number of phenolic OH excluding ortho intramolecular Hbond substituents is 1. The number of nitrogens with zero attached hydrogens (tertiary/aromatic N) is 1. The molecule has 3 aromatic rings. The van der Waals surface area contributed by atoms with Crippen LogP contribution in [0, 0.1) is 6.92 Å². The van der Waals surface area contributed by atoms with Gasteiger partial charge in [-0.1, -0.05) is 23.8 Å². The second kappa shape index (κ2) is 9.50. The molecule has 2 N–H and O–H groups in total. The number of rotatable bonds is 7. The number of carbonyl (C=O) groups is 1. The largest absolute Gasteiger partial charge is 0.502 e. The lowest BCUT2D eigenvalue weighted by molar-refractivity contribution is -0.120. The minimum absolute atomic E-state index is 0.0329. The van der Waals surface area contributed by atoms with Gasteiger partial charge in [0.2, 0.25) is 11.7 Å². The van der Waals surface area contributed by atoms with Gasteiger partial charge in [0.25, 0.3) is 0 Å². The monoisotopic (exact) mass is 462 g/mol. The van der Waals surface area contributed by atoms with Gasteiger partial charge in [-0.15, -0.1) is 11.3 Å². The molecule has 1 aliphatic rings. The van der Waals surface area contributed by atoms with Gasteiger partial charge in [-0.2, -0.15) is 0 Å². The van der Waals surface area contributed by atoms with E-state index in [-0.39, 0.29) is 18.1 Å². The molecule has 4 rings (SSSR count). The maximum atomic E-state index is 12.8. The van der Waals surface area contributed by atoms with E-state index >= 15 is 0 Å². The maximum Gasteiger partial charge on any atom is 0.224 e. The third kappa shape index (κ3) is 4.64. The van der Waals surface area contributed by atoms with Crippen molar-refractivity contribution in [3.8, 4) is 17.2 Å². The van der Waals surface area contributed by atoms with Gasteiger partial charge in [-0.3, -0.25) is 4.79 Å². The van der Waals surface area contributed by atoms with Crippen LogP contribution in [0.3, 0.4) is 0 Å². The number of benzene rings is 2. The van der Waals surface area contributed by atoms with E-state index < -0.39 is 0 Å². The van der Waals surface area contributed by atoms with Crippen LogP contribution in [0.2, 0.25) is 0 Å². The van der Waals surface area contributed by atoms with Gasteiger partial charge in [-0.05, 0) is 65.5 Å². The average molecular weight is 463 g/mol. The Labute approximate surface area is 197 Å². The highest BCUT2D eigenvalue weighted by Crippen LogP contribution is 2.45. The zero-order chi connectivity index (χ0) is 23.5. The van der Waals surface area contributed by atoms with E-state index in [9.17, 15) is 9.90 Å². The van der Waals surface area contributed by atoms with Crippen LogP contribution in [0.25, 0.3) is 17.2 Å². The lowest BCUT2D eigenvalue weighted by Gasteiger charge is -2.11. The normalized spacial score (nSPS) is 13.9.